The highest BCUT2D eigenvalue weighted by atomic mass is 16.5. The zero-order valence-corrected chi connectivity index (χ0v) is 15.5. The van der Waals surface area contributed by atoms with Crippen LogP contribution < -0.4 is 14.8 Å². The first-order valence-corrected chi connectivity index (χ1v) is 8.40. The molecule has 0 bridgehead atoms. The van der Waals surface area contributed by atoms with Crippen molar-refractivity contribution in [1.82, 2.24) is 5.16 Å². The maximum atomic E-state index is 11.8. The molecule has 1 aromatic carbocycles. The van der Waals surface area contributed by atoms with E-state index >= 15 is 0 Å². The molecule has 1 aromatic heterocycles. The van der Waals surface area contributed by atoms with E-state index in [4.69, 9.17) is 18.7 Å². The summed E-state index contributed by atoms with van der Waals surface area (Å²) in [7, 11) is 1.55. The number of ether oxygens (including phenoxy) is 3. The quantitative estimate of drug-likeness (QED) is 0.532. The van der Waals surface area contributed by atoms with E-state index in [9.17, 15) is 9.59 Å². The number of anilines is 1. The van der Waals surface area contributed by atoms with Crippen LogP contribution in [0.3, 0.4) is 0 Å². The van der Waals surface area contributed by atoms with E-state index in [0.717, 1.165) is 12.0 Å². The second kappa shape index (κ2) is 10.0. The Morgan fingerprint density at radius 2 is 2.07 bits per heavy atom. The van der Waals surface area contributed by atoms with Crippen molar-refractivity contribution in [2.24, 2.45) is 0 Å². The number of hydrogen-bond acceptors (Lipinski definition) is 7. The fourth-order valence-corrected chi connectivity index (χ4v) is 2.07. The lowest BCUT2D eigenvalue weighted by Crippen LogP contribution is -2.20. The van der Waals surface area contributed by atoms with E-state index < -0.39 is 18.5 Å². The number of rotatable bonds is 9. The first kappa shape index (κ1) is 20.0. The van der Waals surface area contributed by atoms with E-state index in [2.05, 4.69) is 10.5 Å². The van der Waals surface area contributed by atoms with Crippen LogP contribution in [0, 0.1) is 6.92 Å². The Balaban J connectivity index is 1.85. The summed E-state index contributed by atoms with van der Waals surface area (Å²) in [6, 6.07) is 6.86. The number of methoxy groups -OCH3 is 1. The number of carbonyl (C=O) groups excluding carboxylic acids is 2. The van der Waals surface area contributed by atoms with Crippen molar-refractivity contribution >= 4 is 23.8 Å². The van der Waals surface area contributed by atoms with Crippen LogP contribution >= 0.6 is 0 Å². The molecule has 0 saturated heterocycles. The lowest BCUT2D eigenvalue weighted by molar-refractivity contribution is -0.142. The number of carbonyl (C=O) groups is 2. The Labute approximate surface area is 157 Å². The Bertz CT molecular complexity index is 812. The fraction of sp³-hybridized carbons (Fsp3) is 0.316. The number of benzene rings is 1. The summed E-state index contributed by atoms with van der Waals surface area (Å²) in [5.41, 5.74) is 0.732. The smallest absolute Gasteiger partial charge is 0.331 e. The van der Waals surface area contributed by atoms with Gasteiger partial charge in [-0.25, -0.2) is 4.79 Å². The summed E-state index contributed by atoms with van der Waals surface area (Å²) in [6.07, 6.45) is 3.68. The Hall–Kier alpha value is -3.29. The van der Waals surface area contributed by atoms with Crippen LogP contribution in [0.25, 0.3) is 6.08 Å². The van der Waals surface area contributed by atoms with E-state index in [1.807, 2.05) is 6.92 Å². The van der Waals surface area contributed by atoms with E-state index in [1.165, 1.54) is 6.08 Å². The molecule has 0 spiro atoms. The van der Waals surface area contributed by atoms with E-state index in [0.29, 0.717) is 23.9 Å². The van der Waals surface area contributed by atoms with Crippen LogP contribution in [-0.4, -0.2) is 37.4 Å². The minimum absolute atomic E-state index is 0.265. The van der Waals surface area contributed by atoms with E-state index in [-0.39, 0.29) is 5.82 Å². The summed E-state index contributed by atoms with van der Waals surface area (Å²) in [4.78, 5) is 23.4. The number of nitrogens with zero attached hydrogens (tertiary/aromatic N) is 1. The van der Waals surface area contributed by atoms with Gasteiger partial charge in [0.2, 0.25) is 0 Å². The van der Waals surface area contributed by atoms with Crippen molar-refractivity contribution in [2.45, 2.75) is 20.3 Å². The predicted molar refractivity (Wildman–Crippen MR) is 98.6 cm³/mol. The molecule has 2 rings (SSSR count). The lowest BCUT2D eigenvalue weighted by Gasteiger charge is -2.10. The molecule has 0 aliphatic rings. The van der Waals surface area contributed by atoms with Gasteiger partial charge in [-0.15, -0.1) is 0 Å². The van der Waals surface area contributed by atoms with Crippen molar-refractivity contribution < 1.29 is 28.3 Å². The van der Waals surface area contributed by atoms with Gasteiger partial charge in [-0.05, 0) is 37.1 Å². The molecule has 1 N–H and O–H groups in total. The minimum Gasteiger partial charge on any atom is -0.493 e. The van der Waals surface area contributed by atoms with Gasteiger partial charge in [0.25, 0.3) is 5.91 Å². The molecule has 0 radical (unpaired) electrons. The van der Waals surface area contributed by atoms with Gasteiger partial charge >= 0.3 is 5.97 Å². The average molecular weight is 374 g/mol. The molecule has 8 nitrogen and oxygen atoms in total. The average Bonchev–Trinajstić information content (AvgIpc) is 3.07. The number of aryl methyl sites for hydroxylation is 1. The van der Waals surface area contributed by atoms with Crippen molar-refractivity contribution in [3.05, 3.63) is 41.7 Å². The molecule has 144 valence electrons. The molecule has 8 heteroatoms. The van der Waals surface area contributed by atoms with Gasteiger partial charge in [0, 0.05) is 12.1 Å². The standard InChI is InChI=1S/C19H22N2O6/c1-4-9-25-15-7-5-14(11-16(15)24-3)6-8-19(23)26-12-18(22)20-17-10-13(2)27-21-17/h5-8,10-11H,4,9,12H2,1-3H3,(H,20,21,22)/b8-6+. The third-order valence-electron chi connectivity index (χ3n) is 3.30. The van der Waals surface area contributed by atoms with Crippen LogP contribution in [0.4, 0.5) is 5.82 Å². The summed E-state index contributed by atoms with van der Waals surface area (Å²) >= 11 is 0. The molecule has 0 atom stereocenters. The fourth-order valence-electron chi connectivity index (χ4n) is 2.07. The van der Waals surface area contributed by atoms with Crippen molar-refractivity contribution in [1.29, 1.82) is 0 Å². The first-order valence-electron chi connectivity index (χ1n) is 8.40. The highest BCUT2D eigenvalue weighted by molar-refractivity contribution is 5.94. The SMILES string of the molecule is CCCOc1ccc(/C=C/C(=O)OCC(=O)Nc2cc(C)on2)cc1OC. The molecule has 2 aromatic rings. The van der Waals surface area contributed by atoms with Gasteiger partial charge in [-0.3, -0.25) is 4.79 Å². The number of esters is 1. The van der Waals surface area contributed by atoms with Gasteiger partial charge < -0.3 is 24.1 Å². The first-order chi connectivity index (χ1) is 13.0. The van der Waals surface area contributed by atoms with Gasteiger partial charge in [0.15, 0.2) is 23.9 Å². The molecule has 0 saturated carbocycles. The van der Waals surface area contributed by atoms with Crippen molar-refractivity contribution in [3.8, 4) is 11.5 Å². The Morgan fingerprint density at radius 1 is 1.26 bits per heavy atom. The lowest BCUT2D eigenvalue weighted by atomic mass is 10.2. The summed E-state index contributed by atoms with van der Waals surface area (Å²) < 4.78 is 20.6. The highest BCUT2D eigenvalue weighted by Gasteiger charge is 2.09. The molecule has 27 heavy (non-hydrogen) atoms. The monoisotopic (exact) mass is 374 g/mol. The third kappa shape index (κ3) is 6.50. The van der Waals surface area contributed by atoms with Crippen molar-refractivity contribution in [2.75, 3.05) is 25.6 Å². The number of nitrogens with one attached hydrogen (secondary N) is 1. The topological polar surface area (TPSA) is 99.9 Å². The zero-order chi connectivity index (χ0) is 19.6. The Kier molecular flexibility index (Phi) is 7.42. The molecular weight excluding hydrogens is 352 g/mol. The summed E-state index contributed by atoms with van der Waals surface area (Å²) in [5, 5.41) is 6.07. The molecule has 0 aliphatic carbocycles. The second-order valence-electron chi connectivity index (χ2n) is 5.57. The van der Waals surface area contributed by atoms with Gasteiger partial charge in [0.05, 0.1) is 13.7 Å². The zero-order valence-electron chi connectivity index (χ0n) is 15.5. The summed E-state index contributed by atoms with van der Waals surface area (Å²) in [5.74, 6) is 0.879. The molecule has 0 unspecified atom stereocenters. The maximum Gasteiger partial charge on any atom is 0.331 e. The van der Waals surface area contributed by atoms with Crippen LogP contribution in [0.15, 0.2) is 34.9 Å². The number of aromatic nitrogens is 1. The third-order valence-corrected chi connectivity index (χ3v) is 3.30. The van der Waals surface area contributed by atoms with Crippen LogP contribution in [0.2, 0.25) is 0 Å². The molecular formula is C19H22N2O6. The largest absolute Gasteiger partial charge is 0.493 e. The van der Waals surface area contributed by atoms with Crippen LogP contribution in [-0.2, 0) is 14.3 Å². The maximum absolute atomic E-state index is 11.8. The molecule has 1 amide bonds. The van der Waals surface area contributed by atoms with E-state index in [1.54, 1.807) is 44.4 Å². The highest BCUT2D eigenvalue weighted by Crippen LogP contribution is 2.28. The summed E-state index contributed by atoms with van der Waals surface area (Å²) in [6.45, 7) is 3.88. The number of hydrogen-bond donors (Lipinski definition) is 1. The normalized spacial score (nSPS) is 10.6. The molecule has 0 aliphatic heterocycles. The minimum atomic E-state index is -0.647. The van der Waals surface area contributed by atoms with Crippen LogP contribution in [0.1, 0.15) is 24.7 Å². The van der Waals surface area contributed by atoms with Gasteiger partial charge in [-0.1, -0.05) is 18.1 Å². The Morgan fingerprint density at radius 3 is 2.74 bits per heavy atom. The number of amides is 1. The van der Waals surface area contributed by atoms with Gasteiger partial charge in [0.1, 0.15) is 5.76 Å². The second-order valence-corrected chi connectivity index (χ2v) is 5.57. The van der Waals surface area contributed by atoms with Gasteiger partial charge in [-0.2, -0.15) is 0 Å². The van der Waals surface area contributed by atoms with Crippen LogP contribution in [0.5, 0.6) is 11.5 Å². The van der Waals surface area contributed by atoms with Crippen molar-refractivity contribution in [3.63, 3.8) is 0 Å². The molecule has 0 fully saturated rings. The predicted octanol–water partition coefficient (Wildman–Crippen LogP) is 2.98. The molecule has 1 heterocycles.